The Hall–Kier alpha value is 1.55. The van der Waals surface area contributed by atoms with Gasteiger partial charge in [-0.25, -0.2) is 0 Å². The topological polar surface area (TPSA) is 54.4 Å². The molecule has 3 nitrogen and oxygen atoms in total. The van der Waals surface area contributed by atoms with E-state index in [0.717, 1.165) is 0 Å². The molecule has 4 fully saturated rings. The first-order valence-electron chi connectivity index (χ1n) is 5.82. The van der Waals surface area contributed by atoms with Gasteiger partial charge in [-0.15, -0.1) is 0 Å². The summed E-state index contributed by atoms with van der Waals surface area (Å²) in [5.41, 5.74) is 0. The van der Waals surface area contributed by atoms with Gasteiger partial charge in [-0.3, -0.25) is 4.55 Å². The second kappa shape index (κ2) is 6.13. The van der Waals surface area contributed by atoms with E-state index in [0.29, 0.717) is 6.26 Å². The van der Waals surface area contributed by atoms with Gasteiger partial charge in [0.2, 0.25) is 0 Å². The summed E-state index contributed by atoms with van der Waals surface area (Å²) in [6, 6.07) is 0. The first-order chi connectivity index (χ1) is 6.90. The fourth-order valence-electron chi connectivity index (χ4n) is 3.98. The molecule has 0 spiro atoms. The third-order valence-electron chi connectivity index (χ3n) is 4.00. The summed E-state index contributed by atoms with van der Waals surface area (Å²) < 4.78 is 25.9. The van der Waals surface area contributed by atoms with Crippen molar-refractivity contribution >= 4 is 61.5 Å². The summed E-state index contributed by atoms with van der Waals surface area (Å²) in [6.45, 7) is 0. The van der Waals surface area contributed by atoms with Crippen LogP contribution in [0, 0.1) is 23.7 Å². The van der Waals surface area contributed by atoms with Gasteiger partial charge in [0.05, 0.1) is 6.26 Å². The minimum absolute atomic E-state index is 0. The van der Waals surface area contributed by atoms with Crippen molar-refractivity contribution in [2.45, 2.75) is 38.5 Å². The molecule has 0 aromatic heterocycles. The maximum atomic E-state index is 9.19. The van der Waals surface area contributed by atoms with Crippen LogP contribution in [0.5, 0.6) is 0 Å². The summed E-state index contributed by atoms with van der Waals surface area (Å²) in [7, 11) is -3.67. The van der Waals surface area contributed by atoms with E-state index in [1.54, 1.807) is 38.5 Å². The van der Waals surface area contributed by atoms with E-state index in [2.05, 4.69) is 0 Å². The van der Waals surface area contributed by atoms with Crippen molar-refractivity contribution in [3.63, 3.8) is 0 Å². The van der Waals surface area contributed by atoms with Crippen LogP contribution in [-0.2, 0) is 10.1 Å². The fraction of sp³-hybridized carbons (Fsp3) is 1.00. The minimum atomic E-state index is -3.67. The standard InChI is InChI=1S/C10H16.CH4O3S.K.H/c1-7-2-9-4-8(1)5-10(3-7)6-9;1-5(2,3)4;;/h7-10H,1-6H2;1H3,(H,2,3,4);;. The van der Waals surface area contributed by atoms with Crippen molar-refractivity contribution in [2.75, 3.05) is 6.26 Å². The van der Waals surface area contributed by atoms with Crippen LogP contribution in [-0.4, -0.2) is 70.6 Å². The van der Waals surface area contributed by atoms with Crippen molar-refractivity contribution < 1.29 is 13.0 Å². The molecule has 4 rings (SSSR count). The summed E-state index contributed by atoms with van der Waals surface area (Å²) in [5.74, 6) is 4.71. The third kappa shape index (κ3) is 5.04. The Morgan fingerprint density at radius 3 is 1.06 bits per heavy atom. The van der Waals surface area contributed by atoms with E-state index >= 15 is 0 Å². The second-order valence-corrected chi connectivity index (χ2v) is 7.08. The van der Waals surface area contributed by atoms with E-state index in [4.69, 9.17) is 4.55 Å². The molecule has 0 aliphatic heterocycles. The van der Waals surface area contributed by atoms with E-state index in [-0.39, 0.29) is 51.4 Å². The van der Waals surface area contributed by atoms with Crippen molar-refractivity contribution in [3.05, 3.63) is 0 Å². The Morgan fingerprint density at radius 2 is 0.938 bits per heavy atom. The number of hydrogen-bond donors (Lipinski definition) is 1. The molecule has 0 amide bonds. The van der Waals surface area contributed by atoms with Gasteiger partial charge < -0.3 is 0 Å². The quantitative estimate of drug-likeness (QED) is 0.539. The average molecular weight is 272 g/mol. The molecule has 0 atom stereocenters. The van der Waals surface area contributed by atoms with Crippen LogP contribution in [0.3, 0.4) is 0 Å². The van der Waals surface area contributed by atoms with Crippen LogP contribution >= 0.6 is 0 Å². The number of hydrogen-bond acceptors (Lipinski definition) is 2. The van der Waals surface area contributed by atoms with E-state index in [1.165, 1.54) is 23.7 Å². The normalized spacial score (nSPS) is 39.6. The molecule has 0 radical (unpaired) electrons. The van der Waals surface area contributed by atoms with Gasteiger partial charge in [-0.05, 0) is 62.2 Å². The number of rotatable bonds is 0. The molecule has 0 heterocycles. The molecule has 4 bridgehead atoms. The molecule has 16 heavy (non-hydrogen) atoms. The Bertz CT molecular complexity index is 262. The molecule has 0 saturated heterocycles. The molecule has 0 unspecified atom stereocenters. The summed E-state index contributed by atoms with van der Waals surface area (Å²) in [6.07, 6.45) is 10.3. The first-order valence-corrected chi connectivity index (χ1v) is 7.67. The fourth-order valence-corrected chi connectivity index (χ4v) is 3.98. The average Bonchev–Trinajstić information content (AvgIpc) is 1.96. The van der Waals surface area contributed by atoms with E-state index in [9.17, 15) is 8.42 Å². The van der Waals surface area contributed by atoms with Gasteiger partial charge in [-0.1, -0.05) is 0 Å². The zero-order valence-electron chi connectivity index (χ0n) is 9.22. The predicted octanol–water partition coefficient (Wildman–Crippen LogP) is 1.69. The molecule has 4 aliphatic carbocycles. The Balaban J connectivity index is 0.000000189. The van der Waals surface area contributed by atoms with Crippen LogP contribution in [0.2, 0.25) is 0 Å². The van der Waals surface area contributed by atoms with Crippen LogP contribution in [0.1, 0.15) is 38.5 Å². The monoisotopic (exact) mass is 272 g/mol. The van der Waals surface area contributed by atoms with E-state index in [1.807, 2.05) is 0 Å². The summed E-state index contributed by atoms with van der Waals surface area (Å²) in [5, 5.41) is 0. The van der Waals surface area contributed by atoms with Crippen molar-refractivity contribution in [1.29, 1.82) is 0 Å². The van der Waals surface area contributed by atoms with Crippen LogP contribution in [0.4, 0.5) is 0 Å². The van der Waals surface area contributed by atoms with Crippen molar-refractivity contribution in [3.8, 4) is 0 Å². The molecule has 90 valence electrons. The van der Waals surface area contributed by atoms with Gasteiger partial charge in [0.25, 0.3) is 10.1 Å². The predicted molar refractivity (Wildman–Crippen MR) is 66.3 cm³/mol. The molecule has 4 saturated carbocycles. The van der Waals surface area contributed by atoms with Gasteiger partial charge in [0, 0.05) is 0 Å². The second-order valence-electron chi connectivity index (χ2n) is 5.61. The zero-order chi connectivity index (χ0) is 11.1. The third-order valence-corrected chi connectivity index (χ3v) is 4.00. The zero-order valence-corrected chi connectivity index (χ0v) is 10.0. The van der Waals surface area contributed by atoms with Gasteiger partial charge >= 0.3 is 51.4 Å². The molecule has 4 aliphatic rings. The van der Waals surface area contributed by atoms with Crippen molar-refractivity contribution in [1.82, 2.24) is 0 Å². The molecular weight excluding hydrogens is 251 g/mol. The van der Waals surface area contributed by atoms with Crippen LogP contribution in [0.15, 0.2) is 0 Å². The first kappa shape index (κ1) is 15.6. The summed E-state index contributed by atoms with van der Waals surface area (Å²) in [4.78, 5) is 0. The van der Waals surface area contributed by atoms with Crippen molar-refractivity contribution in [2.24, 2.45) is 23.7 Å². The molecule has 5 heteroatoms. The SMILES string of the molecule is C1C2CC3CC1CC(C2)C3.CS(=O)(=O)O.[KH]. The summed E-state index contributed by atoms with van der Waals surface area (Å²) >= 11 is 0. The van der Waals surface area contributed by atoms with Gasteiger partial charge in [0.1, 0.15) is 0 Å². The molecule has 0 aromatic rings. The van der Waals surface area contributed by atoms with E-state index < -0.39 is 10.1 Å². The Labute approximate surface area is 141 Å². The van der Waals surface area contributed by atoms with Gasteiger partial charge in [0.15, 0.2) is 0 Å². The van der Waals surface area contributed by atoms with Crippen LogP contribution in [0.25, 0.3) is 0 Å². The molecular formula is C11H21KO3S. The molecule has 1 N–H and O–H groups in total. The maximum absolute atomic E-state index is 9.19. The van der Waals surface area contributed by atoms with Gasteiger partial charge in [-0.2, -0.15) is 8.42 Å². The Morgan fingerprint density at radius 1 is 0.812 bits per heavy atom. The van der Waals surface area contributed by atoms with Crippen LogP contribution < -0.4 is 0 Å². The molecule has 0 aromatic carbocycles. The Kier molecular flexibility index (Phi) is 5.98.